The molecule has 26 heavy (non-hydrogen) atoms. The maximum Gasteiger partial charge on any atom is 0.0924 e. The van der Waals surface area contributed by atoms with Crippen molar-refractivity contribution in [3.63, 3.8) is 0 Å². The van der Waals surface area contributed by atoms with Crippen LogP contribution < -0.4 is 0 Å². The van der Waals surface area contributed by atoms with Crippen LogP contribution in [0.3, 0.4) is 0 Å². The van der Waals surface area contributed by atoms with Gasteiger partial charge in [0, 0.05) is 16.2 Å². The third-order valence-corrected chi connectivity index (χ3v) is 5.22. The number of aromatic nitrogens is 4. The number of hydrogen-bond acceptors (Lipinski definition) is 3. The van der Waals surface area contributed by atoms with Gasteiger partial charge in [0.25, 0.3) is 0 Å². The number of benzene rings is 2. The minimum atomic E-state index is 0.585. The molecule has 130 valence electrons. The summed E-state index contributed by atoms with van der Waals surface area (Å²) >= 11 is 2.43. The molecule has 2 aromatic heterocycles. The lowest BCUT2D eigenvalue weighted by molar-refractivity contribution is 0.746. The van der Waals surface area contributed by atoms with Gasteiger partial charge in [0.1, 0.15) is 0 Å². The van der Waals surface area contributed by atoms with E-state index in [0.29, 0.717) is 5.92 Å². The van der Waals surface area contributed by atoms with Gasteiger partial charge in [0.15, 0.2) is 0 Å². The Labute approximate surface area is 166 Å². The molecule has 5 heteroatoms. The van der Waals surface area contributed by atoms with Gasteiger partial charge >= 0.3 is 0 Å². The summed E-state index contributed by atoms with van der Waals surface area (Å²) in [6.07, 6.45) is 6.85. The summed E-state index contributed by atoms with van der Waals surface area (Å²) in [6.45, 7) is 2.28. The van der Waals surface area contributed by atoms with Crippen LogP contribution in [-0.4, -0.2) is 24.2 Å². The van der Waals surface area contributed by atoms with Gasteiger partial charge < -0.3 is 0 Å². The highest BCUT2D eigenvalue weighted by Crippen LogP contribution is 2.23. The fourth-order valence-corrected chi connectivity index (χ4v) is 3.91. The smallest absolute Gasteiger partial charge is 0.0924 e. The molecule has 4 rings (SSSR count). The first-order chi connectivity index (χ1) is 12.7. The largest absolute Gasteiger partial charge is 0.252 e. The van der Waals surface area contributed by atoms with Gasteiger partial charge in [-0.15, -0.1) is 0 Å². The molecule has 1 unspecified atom stereocenters. The van der Waals surface area contributed by atoms with E-state index < -0.39 is 0 Å². The number of halogens is 1. The molecule has 0 saturated heterocycles. The summed E-state index contributed by atoms with van der Waals surface area (Å²) in [5, 5.41) is 4.50. The van der Waals surface area contributed by atoms with Crippen LogP contribution in [0.4, 0.5) is 0 Å². The van der Waals surface area contributed by atoms with Crippen LogP contribution in [0.1, 0.15) is 24.8 Å². The van der Waals surface area contributed by atoms with Crippen LogP contribution >= 0.6 is 22.6 Å². The summed E-state index contributed by atoms with van der Waals surface area (Å²) in [7, 11) is 0. The quantitative estimate of drug-likeness (QED) is 0.299. The molecular weight excluding hydrogens is 435 g/mol. The van der Waals surface area contributed by atoms with Gasteiger partial charge in [-0.3, -0.25) is 4.98 Å². The van der Waals surface area contributed by atoms with Crippen molar-refractivity contribution in [3.8, 4) is 16.9 Å². The van der Waals surface area contributed by atoms with Crippen molar-refractivity contribution in [2.75, 3.05) is 4.43 Å². The average molecular weight is 454 g/mol. The summed E-state index contributed by atoms with van der Waals surface area (Å²) < 4.78 is 3.06. The molecule has 0 radical (unpaired) electrons. The first-order valence-corrected chi connectivity index (χ1v) is 10.2. The topological polar surface area (TPSA) is 43.6 Å². The van der Waals surface area contributed by atoms with Crippen LogP contribution in [0, 0.1) is 0 Å². The molecule has 0 amide bonds. The van der Waals surface area contributed by atoms with Crippen LogP contribution in [0.5, 0.6) is 0 Å². The fraction of sp³-hybridized carbons (Fsp3) is 0.190. The van der Waals surface area contributed by atoms with Crippen molar-refractivity contribution < 1.29 is 0 Å². The zero-order valence-electron chi connectivity index (χ0n) is 14.5. The number of hydrogen-bond donors (Lipinski definition) is 0. The van der Waals surface area contributed by atoms with Crippen LogP contribution in [0.15, 0.2) is 67.1 Å². The Bertz CT molecular complexity index is 1020. The lowest BCUT2D eigenvalue weighted by atomic mass is 9.99. The molecule has 0 aliphatic rings. The van der Waals surface area contributed by atoms with Crippen LogP contribution in [0.2, 0.25) is 0 Å². The third-order valence-electron chi connectivity index (χ3n) is 4.60. The second kappa shape index (κ2) is 7.53. The number of rotatable bonds is 5. The first kappa shape index (κ1) is 17.1. The molecule has 0 bridgehead atoms. The number of fused-ring (bicyclic) bond motifs is 1. The van der Waals surface area contributed by atoms with E-state index in [-0.39, 0.29) is 0 Å². The molecule has 4 nitrogen and oxygen atoms in total. The number of nitrogens with zero attached hydrogens (tertiary/aromatic N) is 4. The van der Waals surface area contributed by atoms with Gasteiger partial charge in [-0.1, -0.05) is 53.8 Å². The van der Waals surface area contributed by atoms with Crippen molar-refractivity contribution in [1.29, 1.82) is 0 Å². The Morgan fingerprint density at radius 2 is 1.77 bits per heavy atom. The van der Waals surface area contributed by atoms with Crippen molar-refractivity contribution in [1.82, 2.24) is 19.7 Å². The second-order valence-electron chi connectivity index (χ2n) is 6.39. The fourth-order valence-electron chi connectivity index (χ4n) is 2.98. The normalized spacial score (nSPS) is 12.4. The SMILES string of the molecule is CC(CCI)c1ccc(-n2cc(-c3cnc4ccccc4n3)cn2)cc1. The molecule has 0 aliphatic carbocycles. The minimum Gasteiger partial charge on any atom is -0.252 e. The second-order valence-corrected chi connectivity index (χ2v) is 7.47. The van der Waals surface area contributed by atoms with Crippen molar-refractivity contribution in [2.45, 2.75) is 19.3 Å². The van der Waals surface area contributed by atoms with E-state index in [4.69, 9.17) is 4.98 Å². The van der Waals surface area contributed by atoms with Crippen molar-refractivity contribution in [2.24, 2.45) is 0 Å². The Morgan fingerprint density at radius 1 is 1.00 bits per heavy atom. The van der Waals surface area contributed by atoms with Crippen molar-refractivity contribution in [3.05, 3.63) is 72.7 Å². The van der Waals surface area contributed by atoms with Gasteiger partial charge in [-0.2, -0.15) is 5.10 Å². The van der Waals surface area contributed by atoms with Crippen molar-refractivity contribution >= 4 is 33.6 Å². The highest BCUT2D eigenvalue weighted by Gasteiger charge is 2.08. The molecule has 0 aliphatic heterocycles. The lowest BCUT2D eigenvalue weighted by Crippen LogP contribution is -1.97. The van der Waals surface area contributed by atoms with E-state index >= 15 is 0 Å². The monoisotopic (exact) mass is 454 g/mol. The number of alkyl halides is 1. The first-order valence-electron chi connectivity index (χ1n) is 8.68. The summed E-state index contributed by atoms with van der Waals surface area (Å²) in [5.74, 6) is 0.585. The third kappa shape index (κ3) is 3.49. The molecule has 0 fully saturated rings. The Balaban J connectivity index is 1.60. The predicted molar refractivity (Wildman–Crippen MR) is 114 cm³/mol. The average Bonchev–Trinajstić information content (AvgIpc) is 3.18. The molecule has 0 saturated carbocycles. The van der Waals surface area contributed by atoms with Crippen LogP contribution in [-0.2, 0) is 0 Å². The molecule has 2 heterocycles. The molecular formula is C21H19IN4. The maximum absolute atomic E-state index is 4.69. The molecule has 2 aromatic carbocycles. The van der Waals surface area contributed by atoms with Gasteiger partial charge in [0.05, 0.1) is 34.8 Å². The Hall–Kier alpha value is -2.28. The molecule has 0 spiro atoms. The lowest BCUT2D eigenvalue weighted by Gasteiger charge is -2.10. The van der Waals surface area contributed by atoms with Gasteiger partial charge in [-0.05, 0) is 42.2 Å². The summed E-state index contributed by atoms with van der Waals surface area (Å²) in [5.41, 5.74) is 6.02. The van der Waals surface area contributed by atoms with Gasteiger partial charge in [0.2, 0.25) is 0 Å². The van der Waals surface area contributed by atoms with E-state index in [9.17, 15) is 0 Å². The molecule has 1 atom stereocenters. The van der Waals surface area contributed by atoms with E-state index in [1.807, 2.05) is 41.3 Å². The zero-order chi connectivity index (χ0) is 17.9. The Kier molecular flexibility index (Phi) is 4.97. The minimum absolute atomic E-state index is 0.585. The van der Waals surface area contributed by atoms with E-state index in [1.54, 1.807) is 6.20 Å². The zero-order valence-corrected chi connectivity index (χ0v) is 16.7. The molecule has 4 aromatic rings. The molecule has 0 N–H and O–H groups in total. The summed E-state index contributed by atoms with van der Waals surface area (Å²) in [4.78, 5) is 9.18. The highest BCUT2D eigenvalue weighted by atomic mass is 127. The highest BCUT2D eigenvalue weighted by molar-refractivity contribution is 14.1. The van der Waals surface area contributed by atoms with Gasteiger partial charge in [-0.25, -0.2) is 9.67 Å². The predicted octanol–water partition coefficient (Wildman–Crippen LogP) is 5.41. The summed E-state index contributed by atoms with van der Waals surface area (Å²) in [6, 6.07) is 16.5. The van der Waals surface area contributed by atoms with E-state index in [0.717, 1.165) is 28.0 Å². The number of para-hydroxylation sites is 2. The maximum atomic E-state index is 4.69. The standard InChI is InChI=1S/C21H19IN4/c1-15(10-11-22)16-6-8-18(9-7-16)26-14-17(12-24-26)21-13-23-19-4-2-3-5-20(19)25-21/h2-9,12-15H,10-11H2,1H3. The van der Waals surface area contributed by atoms with Crippen LogP contribution in [0.25, 0.3) is 28.0 Å². The van der Waals surface area contributed by atoms with E-state index in [1.165, 1.54) is 16.4 Å². The Morgan fingerprint density at radius 3 is 2.54 bits per heavy atom. The van der Waals surface area contributed by atoms with E-state index in [2.05, 4.69) is 63.9 Å².